The van der Waals surface area contributed by atoms with Crippen molar-refractivity contribution in [3.05, 3.63) is 82.2 Å². The minimum absolute atomic E-state index is 0.0261. The van der Waals surface area contributed by atoms with E-state index in [2.05, 4.69) is 21.6 Å². The quantitative estimate of drug-likeness (QED) is 0.398. The zero-order chi connectivity index (χ0) is 26.6. The standard InChI is InChI=1S/C27H26N6O3S2/c1-16-10-11-21(36-16)23-18(14-28)25(29)33(19-8-5-9-20(34)24(19)23)26-31-32-27(38-26)37-15-22(35)30-13-12-17-6-3-2-4-7-17/h2-4,6-7,10-11,23H,5,8-9,12-13,15,29H2,1H3,(H,30,35). The zero-order valence-electron chi connectivity index (χ0n) is 20.8. The van der Waals surface area contributed by atoms with Gasteiger partial charge in [0, 0.05) is 24.2 Å². The van der Waals surface area contributed by atoms with Gasteiger partial charge in [0.15, 0.2) is 10.1 Å². The lowest BCUT2D eigenvalue weighted by atomic mass is 9.78. The van der Waals surface area contributed by atoms with Crippen molar-refractivity contribution in [1.29, 1.82) is 5.26 Å². The number of hydrogen-bond acceptors (Lipinski definition) is 10. The number of aromatic nitrogens is 2. The summed E-state index contributed by atoms with van der Waals surface area (Å²) in [6, 6.07) is 15.8. The van der Waals surface area contributed by atoms with E-state index in [4.69, 9.17) is 10.2 Å². The molecule has 1 aliphatic heterocycles. The number of Topliss-reactive ketones (excluding diaryl/α,β-unsaturated/α-hetero) is 1. The molecule has 1 amide bonds. The first-order chi connectivity index (χ1) is 18.5. The van der Waals surface area contributed by atoms with Gasteiger partial charge in [-0.1, -0.05) is 53.4 Å². The molecular weight excluding hydrogens is 520 g/mol. The lowest BCUT2D eigenvalue weighted by Gasteiger charge is -2.37. The highest BCUT2D eigenvalue weighted by Crippen LogP contribution is 2.47. The number of nitrogens with two attached hydrogens (primary N) is 1. The number of anilines is 1. The number of benzene rings is 1. The lowest BCUT2D eigenvalue weighted by Crippen LogP contribution is -2.38. The van der Waals surface area contributed by atoms with E-state index in [1.807, 2.05) is 43.3 Å². The van der Waals surface area contributed by atoms with Gasteiger partial charge >= 0.3 is 0 Å². The summed E-state index contributed by atoms with van der Waals surface area (Å²) in [6.45, 7) is 2.37. The Hall–Kier alpha value is -3.88. The fourth-order valence-electron chi connectivity index (χ4n) is 4.72. The second-order valence-corrected chi connectivity index (χ2v) is 11.2. The van der Waals surface area contributed by atoms with Crippen LogP contribution in [0.1, 0.15) is 42.3 Å². The second kappa shape index (κ2) is 11.2. The summed E-state index contributed by atoms with van der Waals surface area (Å²) < 4.78 is 6.44. The predicted octanol–water partition coefficient (Wildman–Crippen LogP) is 4.20. The van der Waals surface area contributed by atoms with Gasteiger partial charge in [0.1, 0.15) is 17.3 Å². The summed E-state index contributed by atoms with van der Waals surface area (Å²) in [5.74, 6) is 0.869. The number of carbonyl (C=O) groups is 2. The lowest BCUT2D eigenvalue weighted by molar-refractivity contribution is -0.118. The smallest absolute Gasteiger partial charge is 0.230 e. The Labute approximate surface area is 228 Å². The topological polar surface area (TPSA) is 138 Å². The van der Waals surface area contributed by atoms with Crippen molar-refractivity contribution >= 4 is 39.9 Å². The molecule has 0 saturated heterocycles. The molecule has 1 atom stereocenters. The van der Waals surface area contributed by atoms with E-state index in [0.29, 0.717) is 52.4 Å². The Kier molecular flexibility index (Phi) is 7.62. The maximum atomic E-state index is 13.1. The summed E-state index contributed by atoms with van der Waals surface area (Å²) >= 11 is 2.55. The number of furan rings is 1. The molecule has 0 bridgehead atoms. The Balaban J connectivity index is 1.33. The van der Waals surface area contributed by atoms with Crippen LogP contribution in [0.3, 0.4) is 0 Å². The summed E-state index contributed by atoms with van der Waals surface area (Å²) in [4.78, 5) is 27.2. The van der Waals surface area contributed by atoms with Gasteiger partial charge in [0.05, 0.1) is 23.3 Å². The van der Waals surface area contributed by atoms with Crippen molar-refractivity contribution in [1.82, 2.24) is 15.5 Å². The number of amides is 1. The molecule has 194 valence electrons. The molecule has 2 aromatic heterocycles. The van der Waals surface area contributed by atoms with Crippen LogP contribution in [0.25, 0.3) is 0 Å². The second-order valence-electron chi connectivity index (χ2n) is 8.99. The molecule has 11 heteroatoms. The van der Waals surface area contributed by atoms with Gasteiger partial charge in [-0.15, -0.1) is 10.2 Å². The first kappa shape index (κ1) is 25.8. The maximum absolute atomic E-state index is 13.1. The predicted molar refractivity (Wildman–Crippen MR) is 145 cm³/mol. The van der Waals surface area contributed by atoms with Crippen molar-refractivity contribution in [2.75, 3.05) is 17.2 Å². The summed E-state index contributed by atoms with van der Waals surface area (Å²) in [5.41, 5.74) is 9.21. The molecule has 1 aliphatic carbocycles. The summed E-state index contributed by atoms with van der Waals surface area (Å²) in [5, 5.41) is 22.0. The van der Waals surface area contributed by atoms with Gasteiger partial charge in [-0.2, -0.15) is 5.26 Å². The van der Waals surface area contributed by atoms with Crippen LogP contribution in [0.15, 0.2) is 73.9 Å². The van der Waals surface area contributed by atoms with Crippen LogP contribution in [-0.2, 0) is 16.0 Å². The number of hydrogen-bond donors (Lipinski definition) is 2. The van der Waals surface area contributed by atoms with Crippen molar-refractivity contribution in [2.45, 2.75) is 42.9 Å². The molecule has 9 nitrogen and oxygen atoms in total. The molecule has 2 aliphatic rings. The first-order valence-corrected chi connectivity index (χ1v) is 14.1. The molecule has 3 aromatic rings. The average molecular weight is 547 g/mol. The zero-order valence-corrected chi connectivity index (χ0v) is 22.4. The largest absolute Gasteiger partial charge is 0.465 e. The third-order valence-corrected chi connectivity index (χ3v) is 8.49. The summed E-state index contributed by atoms with van der Waals surface area (Å²) in [6.07, 6.45) is 2.45. The third-order valence-electron chi connectivity index (χ3n) is 6.45. The normalized spacial score (nSPS) is 17.4. The molecule has 0 fully saturated rings. The fourth-order valence-corrected chi connectivity index (χ4v) is 6.43. The molecule has 1 aromatic carbocycles. The van der Waals surface area contributed by atoms with Crippen LogP contribution < -0.4 is 16.0 Å². The summed E-state index contributed by atoms with van der Waals surface area (Å²) in [7, 11) is 0. The van der Waals surface area contributed by atoms with Crippen LogP contribution in [-0.4, -0.2) is 34.2 Å². The van der Waals surface area contributed by atoms with Crippen molar-refractivity contribution < 1.29 is 14.0 Å². The van der Waals surface area contributed by atoms with E-state index < -0.39 is 5.92 Å². The number of nitrogens with zero attached hydrogens (tertiary/aromatic N) is 4. The number of nitrogens with one attached hydrogen (secondary N) is 1. The number of aryl methyl sites for hydroxylation is 1. The maximum Gasteiger partial charge on any atom is 0.230 e. The number of thioether (sulfide) groups is 1. The van der Waals surface area contributed by atoms with Crippen LogP contribution >= 0.6 is 23.1 Å². The van der Waals surface area contributed by atoms with E-state index >= 15 is 0 Å². The molecule has 0 saturated carbocycles. The van der Waals surface area contributed by atoms with Crippen LogP contribution in [0.5, 0.6) is 0 Å². The van der Waals surface area contributed by atoms with Crippen molar-refractivity contribution in [3.8, 4) is 6.07 Å². The molecular formula is C27H26N6O3S2. The molecule has 0 spiro atoms. The Morgan fingerprint density at radius 3 is 2.82 bits per heavy atom. The minimum Gasteiger partial charge on any atom is -0.465 e. The van der Waals surface area contributed by atoms with E-state index in [9.17, 15) is 14.9 Å². The minimum atomic E-state index is -0.644. The van der Waals surface area contributed by atoms with E-state index in [-0.39, 0.29) is 28.8 Å². The number of carbonyl (C=O) groups excluding carboxylic acids is 2. The molecule has 0 radical (unpaired) electrons. The van der Waals surface area contributed by atoms with Crippen LogP contribution in [0.2, 0.25) is 0 Å². The van der Waals surface area contributed by atoms with E-state index in [1.54, 1.807) is 11.0 Å². The molecule has 1 unspecified atom stereocenters. The van der Waals surface area contributed by atoms with E-state index in [0.717, 1.165) is 17.7 Å². The SMILES string of the molecule is Cc1ccc(C2C(C#N)=C(N)N(c3nnc(SCC(=O)NCCc4ccccc4)s3)C3=C2C(=O)CCC3)o1. The first-order valence-electron chi connectivity index (χ1n) is 12.3. The number of allylic oxidation sites excluding steroid dienone is 3. The van der Waals surface area contributed by atoms with Gasteiger partial charge in [0.2, 0.25) is 11.0 Å². The van der Waals surface area contributed by atoms with E-state index in [1.165, 1.54) is 23.1 Å². The van der Waals surface area contributed by atoms with Gasteiger partial charge < -0.3 is 15.5 Å². The molecule has 3 N–H and O–H groups in total. The van der Waals surface area contributed by atoms with Gasteiger partial charge in [-0.25, -0.2) is 0 Å². The van der Waals surface area contributed by atoms with Crippen LogP contribution in [0, 0.1) is 18.3 Å². The highest BCUT2D eigenvalue weighted by molar-refractivity contribution is 8.01. The number of ketones is 1. The fraction of sp³-hybridized carbons (Fsp3) is 0.296. The van der Waals surface area contributed by atoms with Crippen molar-refractivity contribution in [3.63, 3.8) is 0 Å². The van der Waals surface area contributed by atoms with Crippen molar-refractivity contribution in [2.24, 2.45) is 5.73 Å². The molecule has 38 heavy (non-hydrogen) atoms. The highest BCUT2D eigenvalue weighted by atomic mass is 32.2. The van der Waals surface area contributed by atoms with Gasteiger partial charge in [-0.3, -0.25) is 14.5 Å². The number of nitriles is 1. The highest BCUT2D eigenvalue weighted by Gasteiger charge is 2.42. The average Bonchev–Trinajstić information content (AvgIpc) is 3.56. The molecule has 5 rings (SSSR count). The molecule has 3 heterocycles. The Morgan fingerprint density at radius 1 is 1.26 bits per heavy atom. The van der Waals surface area contributed by atoms with Gasteiger partial charge in [0.25, 0.3) is 0 Å². The van der Waals surface area contributed by atoms with Crippen LogP contribution in [0.4, 0.5) is 5.13 Å². The monoisotopic (exact) mass is 546 g/mol. The number of rotatable bonds is 8. The van der Waals surface area contributed by atoms with Gasteiger partial charge in [-0.05, 0) is 43.9 Å². The Bertz CT molecular complexity index is 1470. The third kappa shape index (κ3) is 5.23. The Morgan fingerprint density at radius 2 is 2.08 bits per heavy atom.